The van der Waals surface area contributed by atoms with Gasteiger partial charge in [-0.25, -0.2) is 0 Å². The third kappa shape index (κ3) is 4.31. The molecule has 0 aromatic heterocycles. The van der Waals surface area contributed by atoms with E-state index in [0.29, 0.717) is 11.6 Å². The number of amides is 1. The van der Waals surface area contributed by atoms with Crippen molar-refractivity contribution in [3.8, 4) is 0 Å². The molecule has 1 aromatic rings. The summed E-state index contributed by atoms with van der Waals surface area (Å²) in [6.45, 7) is 4.39. The second-order valence-corrected chi connectivity index (χ2v) is 4.94. The van der Waals surface area contributed by atoms with Gasteiger partial charge in [0.25, 0.3) is 0 Å². The molecule has 0 spiro atoms. The van der Waals surface area contributed by atoms with E-state index in [4.69, 9.17) is 17.3 Å². The molecule has 2 atom stereocenters. The molecular formula is C14H21ClN2O. The average molecular weight is 269 g/mol. The van der Waals surface area contributed by atoms with Crippen LogP contribution in [0.3, 0.4) is 0 Å². The second-order valence-electron chi connectivity index (χ2n) is 4.51. The summed E-state index contributed by atoms with van der Waals surface area (Å²) >= 11 is 5.93. The first kappa shape index (κ1) is 15.0. The predicted octanol–water partition coefficient (Wildman–Crippen LogP) is 2.89. The van der Waals surface area contributed by atoms with Gasteiger partial charge in [-0.05, 0) is 31.0 Å². The van der Waals surface area contributed by atoms with Crippen LogP contribution < -0.4 is 11.1 Å². The quantitative estimate of drug-likeness (QED) is 0.834. The molecule has 0 fully saturated rings. The van der Waals surface area contributed by atoms with Crippen molar-refractivity contribution >= 4 is 17.5 Å². The number of rotatable bonds is 6. The molecule has 18 heavy (non-hydrogen) atoms. The first-order valence-electron chi connectivity index (χ1n) is 6.34. The van der Waals surface area contributed by atoms with Crippen LogP contribution in [-0.2, 0) is 4.79 Å². The van der Waals surface area contributed by atoms with Gasteiger partial charge in [0.05, 0.1) is 12.0 Å². The van der Waals surface area contributed by atoms with Gasteiger partial charge >= 0.3 is 0 Å². The summed E-state index contributed by atoms with van der Waals surface area (Å²) in [5, 5.41) is 3.66. The van der Waals surface area contributed by atoms with Crippen LogP contribution in [0, 0.1) is 5.92 Å². The zero-order chi connectivity index (χ0) is 13.5. The molecular weight excluding hydrogens is 248 g/mol. The van der Waals surface area contributed by atoms with E-state index in [0.717, 1.165) is 18.4 Å². The highest BCUT2D eigenvalue weighted by Gasteiger charge is 2.18. The number of nitrogens with one attached hydrogen (secondary N) is 1. The van der Waals surface area contributed by atoms with Crippen LogP contribution in [0.2, 0.25) is 5.02 Å². The molecule has 1 amide bonds. The lowest BCUT2D eigenvalue weighted by atomic mass is 10.0. The zero-order valence-electron chi connectivity index (χ0n) is 10.9. The number of halogens is 1. The second kappa shape index (κ2) is 7.39. The highest BCUT2D eigenvalue weighted by molar-refractivity contribution is 6.30. The van der Waals surface area contributed by atoms with Crippen LogP contribution in [0.15, 0.2) is 24.3 Å². The van der Waals surface area contributed by atoms with Crippen molar-refractivity contribution in [1.29, 1.82) is 0 Å². The number of hydrogen-bond donors (Lipinski definition) is 2. The molecule has 3 nitrogen and oxygen atoms in total. The van der Waals surface area contributed by atoms with E-state index in [-0.39, 0.29) is 17.9 Å². The third-order valence-corrected chi connectivity index (χ3v) is 3.23. The van der Waals surface area contributed by atoms with Gasteiger partial charge in [0.15, 0.2) is 0 Å². The van der Waals surface area contributed by atoms with Crippen LogP contribution in [0.4, 0.5) is 0 Å². The van der Waals surface area contributed by atoms with E-state index in [1.54, 1.807) is 0 Å². The van der Waals surface area contributed by atoms with Crippen LogP contribution in [0.5, 0.6) is 0 Å². The molecule has 0 bridgehead atoms. The predicted molar refractivity (Wildman–Crippen MR) is 75.5 cm³/mol. The molecule has 100 valence electrons. The summed E-state index contributed by atoms with van der Waals surface area (Å²) in [4.78, 5) is 12.0. The Morgan fingerprint density at radius 2 is 2.22 bits per heavy atom. The molecule has 0 aliphatic rings. The first-order chi connectivity index (χ1) is 8.58. The summed E-state index contributed by atoms with van der Waals surface area (Å²) in [6, 6.07) is 7.46. The van der Waals surface area contributed by atoms with Gasteiger partial charge in [-0.1, -0.05) is 37.1 Å². The fraction of sp³-hybridized carbons (Fsp3) is 0.500. The monoisotopic (exact) mass is 268 g/mol. The van der Waals surface area contributed by atoms with Crippen molar-refractivity contribution in [3.05, 3.63) is 34.9 Å². The standard InChI is InChI=1S/C14H21ClN2O/c1-3-5-12(9-16)14(18)17-10(2)11-6-4-7-13(15)8-11/h4,6-8,10,12H,3,5,9,16H2,1-2H3,(H,17,18). The Kier molecular flexibility index (Phi) is 6.16. The zero-order valence-corrected chi connectivity index (χ0v) is 11.7. The lowest BCUT2D eigenvalue weighted by Crippen LogP contribution is -2.36. The molecule has 3 N–H and O–H groups in total. The van der Waals surface area contributed by atoms with Gasteiger partial charge in [-0.15, -0.1) is 0 Å². The van der Waals surface area contributed by atoms with E-state index in [2.05, 4.69) is 12.2 Å². The highest BCUT2D eigenvalue weighted by atomic mass is 35.5. The van der Waals surface area contributed by atoms with E-state index >= 15 is 0 Å². The minimum Gasteiger partial charge on any atom is -0.349 e. The maximum atomic E-state index is 12.0. The van der Waals surface area contributed by atoms with Crippen LogP contribution in [0.1, 0.15) is 38.3 Å². The van der Waals surface area contributed by atoms with Gasteiger partial charge in [0.2, 0.25) is 5.91 Å². The van der Waals surface area contributed by atoms with Crippen molar-refractivity contribution in [2.75, 3.05) is 6.54 Å². The Bertz CT molecular complexity index is 395. The summed E-state index contributed by atoms with van der Waals surface area (Å²) in [5.41, 5.74) is 6.62. The summed E-state index contributed by atoms with van der Waals surface area (Å²) in [7, 11) is 0. The molecule has 1 aromatic carbocycles. The van der Waals surface area contributed by atoms with Gasteiger partial charge in [-0.3, -0.25) is 4.79 Å². The lowest BCUT2D eigenvalue weighted by molar-refractivity contribution is -0.125. The summed E-state index contributed by atoms with van der Waals surface area (Å²) in [5.74, 6) is -0.0801. The number of nitrogens with two attached hydrogens (primary N) is 1. The summed E-state index contributed by atoms with van der Waals surface area (Å²) in [6.07, 6.45) is 1.78. The molecule has 0 heterocycles. The van der Waals surface area contributed by atoms with Crippen molar-refractivity contribution in [2.24, 2.45) is 11.7 Å². The fourth-order valence-electron chi connectivity index (χ4n) is 1.89. The SMILES string of the molecule is CCCC(CN)C(=O)NC(C)c1cccc(Cl)c1. The molecule has 1 rings (SSSR count). The summed E-state index contributed by atoms with van der Waals surface area (Å²) < 4.78 is 0. The number of carbonyl (C=O) groups excluding carboxylic acids is 1. The number of benzene rings is 1. The minimum atomic E-state index is -0.100. The van der Waals surface area contributed by atoms with Gasteiger partial charge < -0.3 is 11.1 Å². The molecule has 0 aliphatic heterocycles. The lowest BCUT2D eigenvalue weighted by Gasteiger charge is -2.19. The van der Waals surface area contributed by atoms with Crippen molar-refractivity contribution in [2.45, 2.75) is 32.7 Å². The third-order valence-electron chi connectivity index (χ3n) is 3.00. The smallest absolute Gasteiger partial charge is 0.224 e. The normalized spacial score (nSPS) is 14.0. The molecule has 2 unspecified atom stereocenters. The van der Waals surface area contributed by atoms with E-state index in [9.17, 15) is 4.79 Å². The molecule has 0 aliphatic carbocycles. The maximum Gasteiger partial charge on any atom is 0.224 e. The van der Waals surface area contributed by atoms with Crippen molar-refractivity contribution in [1.82, 2.24) is 5.32 Å². The van der Waals surface area contributed by atoms with Crippen LogP contribution >= 0.6 is 11.6 Å². The fourth-order valence-corrected chi connectivity index (χ4v) is 2.09. The maximum absolute atomic E-state index is 12.0. The van der Waals surface area contributed by atoms with Crippen molar-refractivity contribution in [3.63, 3.8) is 0 Å². The van der Waals surface area contributed by atoms with Gasteiger partial charge in [-0.2, -0.15) is 0 Å². The molecule has 0 saturated carbocycles. The first-order valence-corrected chi connectivity index (χ1v) is 6.72. The Hall–Kier alpha value is -1.06. The Morgan fingerprint density at radius 3 is 2.78 bits per heavy atom. The van der Waals surface area contributed by atoms with E-state index < -0.39 is 0 Å². The Labute approximate surface area is 114 Å². The minimum absolute atomic E-state index is 0.0202. The number of carbonyl (C=O) groups is 1. The van der Waals surface area contributed by atoms with Crippen LogP contribution in [0.25, 0.3) is 0 Å². The molecule has 0 saturated heterocycles. The van der Waals surface area contributed by atoms with Gasteiger partial charge in [0.1, 0.15) is 0 Å². The average Bonchev–Trinajstić information content (AvgIpc) is 2.35. The highest BCUT2D eigenvalue weighted by Crippen LogP contribution is 2.18. The van der Waals surface area contributed by atoms with Crippen molar-refractivity contribution < 1.29 is 4.79 Å². The molecule has 4 heteroatoms. The Balaban J connectivity index is 2.63. The van der Waals surface area contributed by atoms with E-state index in [1.165, 1.54) is 0 Å². The van der Waals surface area contributed by atoms with Gasteiger partial charge in [0, 0.05) is 11.6 Å². The molecule has 0 radical (unpaired) electrons. The Morgan fingerprint density at radius 1 is 1.50 bits per heavy atom. The van der Waals surface area contributed by atoms with E-state index in [1.807, 2.05) is 31.2 Å². The largest absolute Gasteiger partial charge is 0.349 e. The number of hydrogen-bond acceptors (Lipinski definition) is 2. The topological polar surface area (TPSA) is 55.1 Å². The van der Waals surface area contributed by atoms with Crippen LogP contribution in [-0.4, -0.2) is 12.5 Å².